The highest BCUT2D eigenvalue weighted by Gasteiger charge is 2.02. The number of aromatic amines is 1. The Morgan fingerprint density at radius 2 is 2.25 bits per heavy atom. The van der Waals surface area contributed by atoms with Crippen molar-refractivity contribution in [3.63, 3.8) is 0 Å². The number of hydrogen-bond acceptors (Lipinski definition) is 2. The Morgan fingerprint density at radius 1 is 1.58 bits per heavy atom. The molecule has 0 radical (unpaired) electrons. The zero-order valence-electron chi connectivity index (χ0n) is 7.07. The summed E-state index contributed by atoms with van der Waals surface area (Å²) in [5.41, 5.74) is 2.78. The molecule has 0 aromatic carbocycles. The summed E-state index contributed by atoms with van der Waals surface area (Å²) in [6.45, 7) is 4.45. The van der Waals surface area contributed by atoms with Crippen LogP contribution in [0.5, 0.6) is 0 Å². The van der Waals surface area contributed by atoms with Gasteiger partial charge in [-0.05, 0) is 25.5 Å². The van der Waals surface area contributed by atoms with Gasteiger partial charge in [0.05, 0.1) is 0 Å². The lowest BCUT2D eigenvalue weighted by atomic mass is 10.1. The lowest BCUT2D eigenvalue weighted by molar-refractivity contribution is 0.943. The van der Waals surface area contributed by atoms with Crippen LogP contribution < -0.4 is 9.09 Å². The predicted octanol–water partition coefficient (Wildman–Crippen LogP) is 1.43. The minimum absolute atomic E-state index is 0.0108. The minimum Gasteiger partial charge on any atom is -0.326 e. The van der Waals surface area contributed by atoms with E-state index in [2.05, 4.69) is 8.51 Å². The second kappa shape index (κ2) is 4.04. The van der Waals surface area contributed by atoms with E-state index < -0.39 is 0 Å². The van der Waals surface area contributed by atoms with Crippen molar-refractivity contribution in [2.45, 2.75) is 20.4 Å². The van der Waals surface area contributed by atoms with Crippen LogP contribution in [0.2, 0.25) is 0 Å². The Labute approximate surface area is 85.1 Å². The molecule has 0 saturated carbocycles. The van der Waals surface area contributed by atoms with Crippen LogP contribution >= 0.6 is 22.9 Å². The number of aryl methyl sites for hydroxylation is 2. The third kappa shape index (κ3) is 2.07. The molecule has 0 aliphatic carbocycles. The Hall–Kier alpha value is -0.360. The molecule has 0 saturated heterocycles. The van der Waals surface area contributed by atoms with E-state index in [1.165, 1.54) is 0 Å². The Balaban J connectivity index is 3.19. The maximum absolute atomic E-state index is 11.4. The van der Waals surface area contributed by atoms with E-state index in [4.69, 9.17) is 0 Å². The van der Waals surface area contributed by atoms with E-state index in [0.29, 0.717) is 6.54 Å². The van der Waals surface area contributed by atoms with Crippen molar-refractivity contribution in [1.29, 1.82) is 0 Å². The average molecular weight is 278 g/mol. The van der Waals surface area contributed by atoms with Crippen LogP contribution in [0.1, 0.15) is 16.8 Å². The number of aromatic nitrogens is 1. The topological polar surface area (TPSA) is 44.9 Å². The largest absolute Gasteiger partial charge is 0.326 e. The van der Waals surface area contributed by atoms with E-state index in [9.17, 15) is 4.79 Å². The fraction of sp³-hybridized carbons (Fsp3) is 0.375. The van der Waals surface area contributed by atoms with Gasteiger partial charge in [-0.1, -0.05) is 0 Å². The van der Waals surface area contributed by atoms with E-state index in [1.807, 2.05) is 42.8 Å². The lowest BCUT2D eigenvalue weighted by Crippen LogP contribution is -2.18. The fourth-order valence-corrected chi connectivity index (χ4v) is 1.55. The van der Waals surface area contributed by atoms with Gasteiger partial charge in [-0.25, -0.2) is 0 Å². The third-order valence-electron chi connectivity index (χ3n) is 1.74. The summed E-state index contributed by atoms with van der Waals surface area (Å²) in [5.74, 6) is 0. The molecule has 4 heteroatoms. The van der Waals surface area contributed by atoms with Gasteiger partial charge < -0.3 is 4.98 Å². The number of halogens is 1. The van der Waals surface area contributed by atoms with E-state index in [-0.39, 0.29) is 5.56 Å². The highest BCUT2D eigenvalue weighted by molar-refractivity contribution is 14.1. The molecule has 1 aromatic rings. The highest BCUT2D eigenvalue weighted by atomic mass is 127. The molecule has 0 unspecified atom stereocenters. The van der Waals surface area contributed by atoms with Gasteiger partial charge in [0.25, 0.3) is 5.56 Å². The summed E-state index contributed by atoms with van der Waals surface area (Å²) in [6, 6.07) is 1.98. The van der Waals surface area contributed by atoms with Gasteiger partial charge in [0.1, 0.15) is 0 Å². The lowest BCUT2D eigenvalue weighted by Gasteiger charge is -2.03. The predicted molar refractivity (Wildman–Crippen MR) is 57.4 cm³/mol. The van der Waals surface area contributed by atoms with Gasteiger partial charge in [0, 0.05) is 40.7 Å². The smallest absolute Gasteiger partial charge is 0.252 e. The molecule has 0 aliphatic heterocycles. The van der Waals surface area contributed by atoms with Crippen LogP contribution in [-0.4, -0.2) is 4.98 Å². The van der Waals surface area contributed by atoms with Crippen molar-refractivity contribution in [3.05, 3.63) is 33.2 Å². The molecule has 0 fully saturated rings. The van der Waals surface area contributed by atoms with Gasteiger partial charge in [-0.3, -0.25) is 8.32 Å². The second-order valence-electron chi connectivity index (χ2n) is 2.75. The van der Waals surface area contributed by atoms with Gasteiger partial charge in [-0.2, -0.15) is 0 Å². The van der Waals surface area contributed by atoms with Crippen molar-refractivity contribution in [2.24, 2.45) is 0 Å². The molecule has 1 rings (SSSR count). The Kier molecular flexibility index (Phi) is 3.28. The molecule has 0 bridgehead atoms. The third-order valence-corrected chi connectivity index (χ3v) is 2.12. The van der Waals surface area contributed by atoms with Crippen LogP contribution in [0, 0.1) is 13.8 Å². The molecule has 1 heterocycles. The molecule has 2 N–H and O–H groups in total. The quantitative estimate of drug-likeness (QED) is 0.635. The van der Waals surface area contributed by atoms with E-state index in [0.717, 1.165) is 16.8 Å². The van der Waals surface area contributed by atoms with Crippen molar-refractivity contribution < 1.29 is 0 Å². The first-order valence-corrected chi connectivity index (χ1v) is 4.76. The molecule has 12 heavy (non-hydrogen) atoms. The molecular weight excluding hydrogens is 267 g/mol. The van der Waals surface area contributed by atoms with E-state index in [1.54, 1.807) is 0 Å². The zero-order valence-corrected chi connectivity index (χ0v) is 9.23. The van der Waals surface area contributed by atoms with Crippen molar-refractivity contribution in [2.75, 3.05) is 0 Å². The van der Waals surface area contributed by atoms with Crippen molar-refractivity contribution in [1.82, 2.24) is 8.51 Å². The molecule has 66 valence electrons. The zero-order chi connectivity index (χ0) is 9.14. The molecular formula is C8H11IN2O. The summed E-state index contributed by atoms with van der Waals surface area (Å²) in [4.78, 5) is 14.1. The highest BCUT2D eigenvalue weighted by Crippen LogP contribution is 2.03. The normalized spacial score (nSPS) is 10.2. The molecule has 0 amide bonds. The standard InChI is InChI=1S/C8H11IN2O/c1-5-3-6(2)11-8(12)7(5)4-10-9/h3,10H,4H2,1-2H3,(H,11,12). The second-order valence-corrected chi connectivity index (χ2v) is 3.52. The van der Waals surface area contributed by atoms with Crippen molar-refractivity contribution >= 4 is 22.9 Å². The maximum Gasteiger partial charge on any atom is 0.252 e. The van der Waals surface area contributed by atoms with Crippen LogP contribution in [0.4, 0.5) is 0 Å². The maximum atomic E-state index is 11.4. The summed E-state index contributed by atoms with van der Waals surface area (Å²) in [7, 11) is 0. The van der Waals surface area contributed by atoms with Gasteiger partial charge in [0.15, 0.2) is 0 Å². The first-order valence-electron chi connectivity index (χ1n) is 3.68. The summed E-state index contributed by atoms with van der Waals surface area (Å²) in [5, 5.41) is 0. The first-order chi connectivity index (χ1) is 5.65. The van der Waals surface area contributed by atoms with Gasteiger partial charge >= 0.3 is 0 Å². The minimum atomic E-state index is 0.0108. The van der Waals surface area contributed by atoms with Crippen LogP contribution in [-0.2, 0) is 6.54 Å². The molecule has 0 atom stereocenters. The van der Waals surface area contributed by atoms with E-state index >= 15 is 0 Å². The summed E-state index contributed by atoms with van der Waals surface area (Å²) >= 11 is 2.03. The number of H-pyrrole nitrogens is 1. The number of rotatable bonds is 2. The van der Waals surface area contributed by atoms with Gasteiger partial charge in [-0.15, -0.1) is 0 Å². The summed E-state index contributed by atoms with van der Waals surface area (Å²) < 4.78 is 2.94. The number of pyridine rings is 1. The summed E-state index contributed by atoms with van der Waals surface area (Å²) in [6.07, 6.45) is 0. The van der Waals surface area contributed by atoms with Crippen LogP contribution in [0.25, 0.3) is 0 Å². The van der Waals surface area contributed by atoms with Crippen LogP contribution in [0.15, 0.2) is 10.9 Å². The molecule has 0 spiro atoms. The number of nitrogens with one attached hydrogen (secondary N) is 2. The fourth-order valence-electron chi connectivity index (χ4n) is 1.17. The molecule has 1 aromatic heterocycles. The SMILES string of the molecule is Cc1cc(C)c(CNI)c(=O)[nH]1. The van der Waals surface area contributed by atoms with Gasteiger partial charge in [0.2, 0.25) is 0 Å². The molecule has 0 aliphatic rings. The van der Waals surface area contributed by atoms with Crippen LogP contribution in [0.3, 0.4) is 0 Å². The average Bonchev–Trinajstić information content (AvgIpc) is 1.96. The molecule has 3 nitrogen and oxygen atoms in total. The van der Waals surface area contributed by atoms with Crippen molar-refractivity contribution in [3.8, 4) is 0 Å². The number of hydrogen-bond donors (Lipinski definition) is 2. The Morgan fingerprint density at radius 3 is 2.75 bits per heavy atom. The monoisotopic (exact) mass is 278 g/mol. The Bertz CT molecular complexity index is 332. The first kappa shape index (κ1) is 9.73.